The van der Waals surface area contributed by atoms with Gasteiger partial charge in [0.1, 0.15) is 0 Å². The molecule has 0 radical (unpaired) electrons. The summed E-state index contributed by atoms with van der Waals surface area (Å²) in [5.74, 6) is 0. The van der Waals surface area contributed by atoms with Crippen LogP contribution in [0.2, 0.25) is 0 Å². The first-order valence-corrected chi connectivity index (χ1v) is 8.79. The SMILES string of the molecule is CCC1=CC(C(C)(C)C)=CC1=C(c1ccccc1)c1ccccc1. The highest BCUT2D eigenvalue weighted by molar-refractivity contribution is 5.87. The smallest absolute Gasteiger partial charge is 0.00360 e. The molecule has 0 heterocycles. The zero-order valence-corrected chi connectivity index (χ0v) is 15.1. The Morgan fingerprint density at radius 3 is 1.67 bits per heavy atom. The van der Waals surface area contributed by atoms with Crippen molar-refractivity contribution in [2.24, 2.45) is 5.41 Å². The van der Waals surface area contributed by atoms with Gasteiger partial charge in [0.25, 0.3) is 0 Å². The van der Waals surface area contributed by atoms with Crippen LogP contribution in [0, 0.1) is 5.41 Å². The van der Waals surface area contributed by atoms with Crippen LogP contribution in [0.25, 0.3) is 5.57 Å². The molecule has 0 bridgehead atoms. The molecule has 0 aromatic heterocycles. The average Bonchev–Trinajstić information content (AvgIpc) is 3.01. The molecule has 0 amide bonds. The monoisotopic (exact) mass is 314 g/mol. The molecule has 0 N–H and O–H groups in total. The third kappa shape index (κ3) is 3.28. The summed E-state index contributed by atoms with van der Waals surface area (Å²) >= 11 is 0. The van der Waals surface area contributed by atoms with Gasteiger partial charge in [-0.15, -0.1) is 0 Å². The van der Waals surface area contributed by atoms with Gasteiger partial charge in [-0.3, -0.25) is 0 Å². The Morgan fingerprint density at radius 1 is 0.750 bits per heavy atom. The minimum atomic E-state index is 0.167. The first kappa shape index (κ1) is 16.5. The summed E-state index contributed by atoms with van der Waals surface area (Å²) < 4.78 is 0. The van der Waals surface area contributed by atoms with Gasteiger partial charge in [-0.25, -0.2) is 0 Å². The maximum atomic E-state index is 2.40. The van der Waals surface area contributed by atoms with Gasteiger partial charge in [-0.05, 0) is 45.3 Å². The van der Waals surface area contributed by atoms with Gasteiger partial charge < -0.3 is 0 Å². The lowest BCUT2D eigenvalue weighted by Crippen LogP contribution is -2.05. The molecule has 0 saturated carbocycles. The van der Waals surface area contributed by atoms with E-state index in [1.54, 1.807) is 0 Å². The highest BCUT2D eigenvalue weighted by atomic mass is 14.3. The standard InChI is InChI=1S/C24H26/c1-5-18-16-21(24(2,3)4)17-22(18)23(19-12-8-6-9-13-19)20-14-10-7-11-15-20/h6-17H,5H2,1-4H3. The third-order valence-electron chi connectivity index (χ3n) is 4.62. The molecule has 0 atom stereocenters. The van der Waals surface area contributed by atoms with Crippen molar-refractivity contribution in [2.45, 2.75) is 34.1 Å². The van der Waals surface area contributed by atoms with Crippen molar-refractivity contribution in [3.63, 3.8) is 0 Å². The van der Waals surface area contributed by atoms with Crippen LogP contribution in [-0.4, -0.2) is 0 Å². The van der Waals surface area contributed by atoms with Gasteiger partial charge in [0.2, 0.25) is 0 Å². The van der Waals surface area contributed by atoms with Crippen LogP contribution in [0.15, 0.2) is 89.5 Å². The molecular weight excluding hydrogens is 288 g/mol. The number of hydrogen-bond acceptors (Lipinski definition) is 0. The van der Waals surface area contributed by atoms with Crippen LogP contribution in [0.4, 0.5) is 0 Å². The fourth-order valence-electron chi connectivity index (χ4n) is 3.20. The number of rotatable bonds is 3. The second kappa shape index (κ2) is 6.65. The van der Waals surface area contributed by atoms with E-state index in [1.807, 2.05) is 0 Å². The zero-order chi connectivity index (χ0) is 17.2. The first-order valence-electron chi connectivity index (χ1n) is 8.79. The van der Waals surface area contributed by atoms with E-state index < -0.39 is 0 Å². The topological polar surface area (TPSA) is 0 Å². The molecule has 1 aliphatic rings. The average molecular weight is 314 g/mol. The summed E-state index contributed by atoms with van der Waals surface area (Å²) in [6, 6.07) is 21.5. The predicted molar refractivity (Wildman–Crippen MR) is 105 cm³/mol. The van der Waals surface area contributed by atoms with Gasteiger partial charge in [0.15, 0.2) is 0 Å². The van der Waals surface area contributed by atoms with E-state index in [0.29, 0.717) is 0 Å². The van der Waals surface area contributed by atoms with Crippen molar-refractivity contribution in [1.29, 1.82) is 0 Å². The van der Waals surface area contributed by atoms with Gasteiger partial charge >= 0.3 is 0 Å². The van der Waals surface area contributed by atoms with Gasteiger partial charge in [0.05, 0.1) is 0 Å². The lowest BCUT2D eigenvalue weighted by Gasteiger charge is -2.18. The zero-order valence-electron chi connectivity index (χ0n) is 15.1. The van der Waals surface area contributed by atoms with E-state index in [1.165, 1.54) is 33.4 Å². The lowest BCUT2D eigenvalue weighted by atomic mass is 9.87. The minimum Gasteiger partial charge on any atom is -0.0622 e. The molecule has 24 heavy (non-hydrogen) atoms. The molecule has 0 aliphatic heterocycles. The van der Waals surface area contributed by atoms with Crippen LogP contribution in [-0.2, 0) is 0 Å². The van der Waals surface area contributed by atoms with Crippen molar-refractivity contribution >= 4 is 5.57 Å². The van der Waals surface area contributed by atoms with Crippen molar-refractivity contribution in [2.75, 3.05) is 0 Å². The highest BCUT2D eigenvalue weighted by Crippen LogP contribution is 2.41. The Labute approximate surface area is 146 Å². The molecule has 0 nitrogen and oxygen atoms in total. The highest BCUT2D eigenvalue weighted by Gasteiger charge is 2.24. The molecule has 2 aromatic carbocycles. The molecule has 122 valence electrons. The van der Waals surface area contributed by atoms with Gasteiger partial charge in [-0.2, -0.15) is 0 Å². The Bertz CT molecular complexity index is 753. The Morgan fingerprint density at radius 2 is 1.25 bits per heavy atom. The van der Waals surface area contributed by atoms with E-state index in [0.717, 1.165) is 6.42 Å². The van der Waals surface area contributed by atoms with Gasteiger partial charge in [0, 0.05) is 0 Å². The number of hydrogen-bond donors (Lipinski definition) is 0. The van der Waals surface area contributed by atoms with Crippen LogP contribution in [0.5, 0.6) is 0 Å². The van der Waals surface area contributed by atoms with E-state index >= 15 is 0 Å². The summed E-state index contributed by atoms with van der Waals surface area (Å²) in [6.45, 7) is 9.11. The molecule has 0 saturated heterocycles. The molecule has 2 aromatic rings. The van der Waals surface area contributed by atoms with Crippen LogP contribution >= 0.6 is 0 Å². The van der Waals surface area contributed by atoms with Crippen molar-refractivity contribution < 1.29 is 0 Å². The maximum Gasteiger partial charge on any atom is -0.00360 e. The number of allylic oxidation sites excluding steroid dienone is 5. The Kier molecular flexibility index (Phi) is 4.57. The van der Waals surface area contributed by atoms with E-state index in [9.17, 15) is 0 Å². The van der Waals surface area contributed by atoms with Crippen LogP contribution in [0.1, 0.15) is 45.2 Å². The minimum absolute atomic E-state index is 0.167. The molecule has 1 aliphatic carbocycles. The van der Waals surface area contributed by atoms with E-state index in [-0.39, 0.29) is 5.41 Å². The quantitative estimate of drug-likeness (QED) is 0.583. The predicted octanol–water partition coefficient (Wildman–Crippen LogP) is 6.81. The number of benzene rings is 2. The van der Waals surface area contributed by atoms with Crippen molar-refractivity contribution in [1.82, 2.24) is 0 Å². The fraction of sp³-hybridized carbons (Fsp3) is 0.250. The maximum absolute atomic E-state index is 2.40. The fourth-order valence-corrected chi connectivity index (χ4v) is 3.20. The largest absolute Gasteiger partial charge is 0.0622 e. The first-order chi connectivity index (χ1) is 11.5. The summed E-state index contributed by atoms with van der Waals surface area (Å²) in [7, 11) is 0. The second-order valence-electron chi connectivity index (χ2n) is 7.39. The second-order valence-corrected chi connectivity index (χ2v) is 7.39. The molecule has 0 fully saturated rings. The van der Waals surface area contributed by atoms with E-state index in [4.69, 9.17) is 0 Å². The summed E-state index contributed by atoms with van der Waals surface area (Å²) in [5, 5.41) is 0. The van der Waals surface area contributed by atoms with Crippen molar-refractivity contribution in [3.8, 4) is 0 Å². The lowest BCUT2D eigenvalue weighted by molar-refractivity contribution is 0.518. The molecule has 0 spiro atoms. The Balaban J connectivity index is 2.27. The van der Waals surface area contributed by atoms with Crippen molar-refractivity contribution in [3.05, 3.63) is 101 Å². The van der Waals surface area contributed by atoms with Gasteiger partial charge in [-0.1, -0.05) is 101 Å². The van der Waals surface area contributed by atoms with Crippen LogP contribution in [0.3, 0.4) is 0 Å². The molecule has 3 rings (SSSR count). The third-order valence-corrected chi connectivity index (χ3v) is 4.62. The summed E-state index contributed by atoms with van der Waals surface area (Å²) in [6.07, 6.45) is 5.84. The summed E-state index contributed by atoms with van der Waals surface area (Å²) in [5.41, 5.74) is 8.29. The molecule has 0 heteroatoms. The molecule has 0 unspecified atom stereocenters. The van der Waals surface area contributed by atoms with Crippen LogP contribution < -0.4 is 0 Å². The molecular formula is C24H26. The van der Waals surface area contributed by atoms with E-state index in [2.05, 4.69) is 101 Å². The Hall–Kier alpha value is -2.34. The summed E-state index contributed by atoms with van der Waals surface area (Å²) in [4.78, 5) is 0. The normalized spacial score (nSPS) is 14.4.